The molecule has 5 heteroatoms. The van der Waals surface area contributed by atoms with E-state index >= 15 is 0 Å². The van der Waals surface area contributed by atoms with E-state index in [0.29, 0.717) is 6.61 Å². The summed E-state index contributed by atoms with van der Waals surface area (Å²) in [6.07, 6.45) is 3.78. The zero-order valence-electron chi connectivity index (χ0n) is 11.6. The number of benzene rings is 1. The number of hydrogen-bond donors (Lipinski definition) is 1. The Kier molecular flexibility index (Phi) is 4.53. The van der Waals surface area contributed by atoms with Crippen LogP contribution in [0.3, 0.4) is 0 Å². The zero-order valence-corrected chi connectivity index (χ0v) is 11.6. The molecule has 0 spiro atoms. The first-order valence-electron chi connectivity index (χ1n) is 6.60. The highest BCUT2D eigenvalue weighted by atomic mass is 16.6. The average Bonchev–Trinajstić information content (AvgIpc) is 2.45. The number of rotatable bonds is 4. The van der Waals surface area contributed by atoms with Gasteiger partial charge < -0.3 is 4.90 Å². The summed E-state index contributed by atoms with van der Waals surface area (Å²) in [6.45, 7) is 3.69. The molecule has 1 unspecified atom stereocenters. The lowest BCUT2D eigenvalue weighted by molar-refractivity contribution is -0.136. The monoisotopic (exact) mass is 274 g/mol. The van der Waals surface area contributed by atoms with Gasteiger partial charge in [0.2, 0.25) is 11.8 Å². The van der Waals surface area contributed by atoms with Crippen molar-refractivity contribution >= 4 is 17.9 Å². The minimum Gasteiger partial charge on any atom is -0.311 e. The van der Waals surface area contributed by atoms with Gasteiger partial charge in [0.05, 0.1) is 19.1 Å². The fraction of sp³-hybridized carbons (Fsp3) is 0.333. The molecule has 5 nitrogen and oxygen atoms in total. The number of hydrogen-bond acceptors (Lipinski definition) is 3. The summed E-state index contributed by atoms with van der Waals surface area (Å²) in [5, 5.41) is 0. The third-order valence-corrected chi connectivity index (χ3v) is 3.18. The molecule has 0 aromatic heterocycles. The van der Waals surface area contributed by atoms with Crippen molar-refractivity contribution in [3.8, 4) is 0 Å². The Morgan fingerprint density at radius 3 is 2.80 bits per heavy atom. The molecule has 1 heterocycles. The molecule has 0 radical (unpaired) electrons. The normalized spacial score (nSPS) is 16.7. The first kappa shape index (κ1) is 14.3. The maximum absolute atomic E-state index is 11.8. The van der Waals surface area contributed by atoms with Crippen molar-refractivity contribution in [3.63, 3.8) is 0 Å². The van der Waals surface area contributed by atoms with Gasteiger partial charge in [0.15, 0.2) is 0 Å². The van der Waals surface area contributed by atoms with Crippen molar-refractivity contribution < 1.29 is 14.4 Å². The number of fused-ring (bicyclic) bond motifs is 1. The predicted octanol–water partition coefficient (Wildman–Crippen LogP) is 2.02. The van der Waals surface area contributed by atoms with E-state index in [-0.39, 0.29) is 24.3 Å². The molecular weight excluding hydrogens is 256 g/mol. The van der Waals surface area contributed by atoms with Crippen LogP contribution in [0.1, 0.15) is 37.4 Å². The van der Waals surface area contributed by atoms with E-state index in [1.165, 1.54) is 6.92 Å². The number of carbonyl (C=O) groups is 2. The van der Waals surface area contributed by atoms with Gasteiger partial charge in [0.1, 0.15) is 0 Å². The summed E-state index contributed by atoms with van der Waals surface area (Å²) in [4.78, 5) is 30.1. The quantitative estimate of drug-likeness (QED) is 0.854. The van der Waals surface area contributed by atoms with Crippen LogP contribution in [0, 0.1) is 0 Å². The fourth-order valence-corrected chi connectivity index (χ4v) is 2.28. The van der Waals surface area contributed by atoms with Crippen LogP contribution in [0.4, 0.5) is 0 Å². The third-order valence-electron chi connectivity index (χ3n) is 3.18. The molecule has 1 aliphatic rings. The van der Waals surface area contributed by atoms with E-state index in [9.17, 15) is 9.59 Å². The SMILES string of the molecule is CCONC(=O)CC1c2ccccc2C=CN1C(C)=O. The van der Waals surface area contributed by atoms with Crippen LogP contribution in [0.2, 0.25) is 0 Å². The number of nitrogens with one attached hydrogen (secondary N) is 1. The van der Waals surface area contributed by atoms with Gasteiger partial charge in [-0.15, -0.1) is 0 Å². The molecule has 1 aromatic carbocycles. The molecule has 0 fully saturated rings. The highest BCUT2D eigenvalue weighted by Crippen LogP contribution is 2.32. The topological polar surface area (TPSA) is 58.6 Å². The second-order valence-electron chi connectivity index (χ2n) is 4.55. The number of hydroxylamine groups is 1. The molecule has 106 valence electrons. The predicted molar refractivity (Wildman–Crippen MR) is 75.1 cm³/mol. The summed E-state index contributed by atoms with van der Waals surface area (Å²) < 4.78 is 0. The average molecular weight is 274 g/mol. The lowest BCUT2D eigenvalue weighted by Crippen LogP contribution is -2.35. The number of amides is 2. The Balaban J connectivity index is 2.23. The second kappa shape index (κ2) is 6.34. The smallest absolute Gasteiger partial charge is 0.245 e. The molecule has 1 aliphatic heterocycles. The van der Waals surface area contributed by atoms with Gasteiger partial charge in [-0.3, -0.25) is 14.4 Å². The van der Waals surface area contributed by atoms with Gasteiger partial charge in [-0.2, -0.15) is 0 Å². The summed E-state index contributed by atoms with van der Waals surface area (Å²) >= 11 is 0. The molecule has 0 saturated carbocycles. The van der Waals surface area contributed by atoms with E-state index in [2.05, 4.69) is 5.48 Å². The number of carbonyl (C=O) groups excluding carboxylic acids is 2. The molecular formula is C15H18N2O3. The van der Waals surface area contributed by atoms with E-state index in [4.69, 9.17) is 4.84 Å². The largest absolute Gasteiger partial charge is 0.311 e. The Bertz CT molecular complexity index is 540. The van der Waals surface area contributed by atoms with E-state index in [1.807, 2.05) is 30.3 Å². The molecule has 0 aliphatic carbocycles. The van der Waals surface area contributed by atoms with Gasteiger partial charge in [-0.1, -0.05) is 24.3 Å². The molecule has 1 N–H and O–H groups in total. The van der Waals surface area contributed by atoms with Crippen LogP contribution in [-0.2, 0) is 14.4 Å². The Labute approximate surface area is 118 Å². The first-order chi connectivity index (χ1) is 9.63. The molecule has 1 aromatic rings. The van der Waals surface area contributed by atoms with Crippen LogP contribution < -0.4 is 5.48 Å². The van der Waals surface area contributed by atoms with Crippen molar-refractivity contribution in [1.82, 2.24) is 10.4 Å². The molecule has 2 amide bonds. The molecule has 1 atom stereocenters. The molecule has 20 heavy (non-hydrogen) atoms. The summed E-state index contributed by atoms with van der Waals surface area (Å²) in [6, 6.07) is 7.45. The summed E-state index contributed by atoms with van der Waals surface area (Å²) in [5.74, 6) is -0.335. The van der Waals surface area contributed by atoms with Gasteiger partial charge in [0.25, 0.3) is 0 Å². The van der Waals surface area contributed by atoms with Crippen molar-refractivity contribution in [2.24, 2.45) is 0 Å². The number of nitrogens with zero attached hydrogens (tertiary/aromatic N) is 1. The third kappa shape index (κ3) is 3.05. The lowest BCUT2D eigenvalue weighted by Gasteiger charge is -2.32. The van der Waals surface area contributed by atoms with Crippen LogP contribution >= 0.6 is 0 Å². The van der Waals surface area contributed by atoms with Crippen molar-refractivity contribution in [3.05, 3.63) is 41.6 Å². The van der Waals surface area contributed by atoms with Crippen molar-refractivity contribution in [2.45, 2.75) is 26.3 Å². The highest BCUT2D eigenvalue weighted by molar-refractivity contribution is 5.81. The first-order valence-corrected chi connectivity index (χ1v) is 6.60. The molecule has 0 bridgehead atoms. The Morgan fingerprint density at radius 1 is 1.35 bits per heavy atom. The van der Waals surface area contributed by atoms with Crippen LogP contribution in [0.25, 0.3) is 6.08 Å². The fourth-order valence-electron chi connectivity index (χ4n) is 2.28. The highest BCUT2D eigenvalue weighted by Gasteiger charge is 2.28. The Hall–Kier alpha value is -2.14. The lowest BCUT2D eigenvalue weighted by atomic mass is 9.93. The second-order valence-corrected chi connectivity index (χ2v) is 4.55. The van der Waals surface area contributed by atoms with Crippen molar-refractivity contribution in [2.75, 3.05) is 6.61 Å². The van der Waals surface area contributed by atoms with Crippen LogP contribution in [0.5, 0.6) is 0 Å². The minimum atomic E-state index is -0.297. The molecule has 2 rings (SSSR count). The maximum atomic E-state index is 11.8. The minimum absolute atomic E-state index is 0.0926. The van der Waals surface area contributed by atoms with Gasteiger partial charge in [-0.25, -0.2) is 5.48 Å². The van der Waals surface area contributed by atoms with Crippen molar-refractivity contribution in [1.29, 1.82) is 0 Å². The van der Waals surface area contributed by atoms with E-state index in [0.717, 1.165) is 11.1 Å². The van der Waals surface area contributed by atoms with Gasteiger partial charge in [0, 0.05) is 13.1 Å². The van der Waals surface area contributed by atoms with Gasteiger partial charge >= 0.3 is 0 Å². The standard InChI is InChI=1S/C15H18N2O3/c1-3-20-16-15(19)10-14-13-7-5-4-6-12(13)8-9-17(14)11(2)18/h4-9,14H,3,10H2,1-2H3,(H,16,19). The van der Waals surface area contributed by atoms with E-state index in [1.54, 1.807) is 18.0 Å². The van der Waals surface area contributed by atoms with Crippen LogP contribution in [-0.4, -0.2) is 23.3 Å². The maximum Gasteiger partial charge on any atom is 0.245 e. The van der Waals surface area contributed by atoms with Gasteiger partial charge in [-0.05, 0) is 24.1 Å². The van der Waals surface area contributed by atoms with Crippen LogP contribution in [0.15, 0.2) is 30.5 Å². The zero-order chi connectivity index (χ0) is 14.5. The van der Waals surface area contributed by atoms with E-state index < -0.39 is 0 Å². The molecule has 0 saturated heterocycles. The summed E-state index contributed by atoms with van der Waals surface area (Å²) in [7, 11) is 0. The summed E-state index contributed by atoms with van der Waals surface area (Å²) in [5.41, 5.74) is 4.37. The Morgan fingerprint density at radius 2 is 2.10 bits per heavy atom.